The molecule has 0 bridgehead atoms. The highest BCUT2D eigenvalue weighted by Crippen LogP contribution is 2.32. The molecule has 0 radical (unpaired) electrons. The van der Waals surface area contributed by atoms with Gasteiger partial charge < -0.3 is 9.42 Å². The predicted molar refractivity (Wildman–Crippen MR) is 86.5 cm³/mol. The number of piperidine rings is 1. The second-order valence-corrected chi connectivity index (χ2v) is 7.49. The number of hydrogen-bond donors (Lipinski definition) is 0. The lowest BCUT2D eigenvalue weighted by atomic mass is 9.89. The zero-order valence-electron chi connectivity index (χ0n) is 13.4. The van der Waals surface area contributed by atoms with E-state index in [2.05, 4.69) is 43.0 Å². The molecule has 1 aromatic carbocycles. The first-order chi connectivity index (χ1) is 10.0. The Bertz CT molecular complexity index is 589. The molecular weight excluding hydrogens is 260 g/mol. The van der Waals surface area contributed by atoms with Gasteiger partial charge in [0.2, 0.25) is 0 Å². The van der Waals surface area contributed by atoms with E-state index >= 15 is 0 Å². The summed E-state index contributed by atoms with van der Waals surface area (Å²) in [5.74, 6) is 0.555. The van der Waals surface area contributed by atoms with Crippen LogP contribution < -0.4 is 0 Å². The van der Waals surface area contributed by atoms with E-state index in [4.69, 9.17) is 4.52 Å². The first kappa shape index (κ1) is 14.6. The molecule has 0 unspecified atom stereocenters. The number of rotatable bonds is 3. The Balaban J connectivity index is 1.61. The van der Waals surface area contributed by atoms with Crippen molar-refractivity contribution in [3.05, 3.63) is 30.0 Å². The van der Waals surface area contributed by atoms with Gasteiger partial charge in [-0.3, -0.25) is 0 Å². The standard InChI is InChI=1S/C18H26N2O/c1-18(2,3)10-13-20-11-8-14(9-12-20)17-15-6-4-5-7-16(15)21-19-17/h4-7,14H,8-13H2,1-3H3. The first-order valence-corrected chi connectivity index (χ1v) is 8.10. The van der Waals surface area contributed by atoms with E-state index in [1.807, 2.05) is 12.1 Å². The fraction of sp³-hybridized carbons (Fsp3) is 0.611. The summed E-state index contributed by atoms with van der Waals surface area (Å²) in [6, 6.07) is 8.21. The van der Waals surface area contributed by atoms with Crippen LogP contribution in [-0.4, -0.2) is 29.7 Å². The smallest absolute Gasteiger partial charge is 0.167 e. The Morgan fingerprint density at radius 2 is 1.90 bits per heavy atom. The molecule has 1 fully saturated rings. The van der Waals surface area contributed by atoms with E-state index in [1.54, 1.807) is 0 Å². The van der Waals surface area contributed by atoms with Gasteiger partial charge in [0.15, 0.2) is 5.58 Å². The van der Waals surface area contributed by atoms with Crippen molar-refractivity contribution >= 4 is 11.0 Å². The van der Waals surface area contributed by atoms with Gasteiger partial charge >= 0.3 is 0 Å². The number of hydrogen-bond acceptors (Lipinski definition) is 3. The largest absolute Gasteiger partial charge is 0.356 e. The second-order valence-electron chi connectivity index (χ2n) is 7.49. The average Bonchev–Trinajstić information content (AvgIpc) is 2.89. The van der Waals surface area contributed by atoms with Crippen molar-refractivity contribution in [2.45, 2.75) is 46.0 Å². The highest BCUT2D eigenvalue weighted by molar-refractivity contribution is 5.79. The zero-order valence-corrected chi connectivity index (χ0v) is 13.4. The van der Waals surface area contributed by atoms with E-state index in [0.717, 1.165) is 5.58 Å². The van der Waals surface area contributed by atoms with E-state index < -0.39 is 0 Å². The summed E-state index contributed by atoms with van der Waals surface area (Å²) in [4.78, 5) is 2.60. The minimum atomic E-state index is 0.430. The average molecular weight is 286 g/mol. The van der Waals surface area contributed by atoms with Crippen molar-refractivity contribution in [3.8, 4) is 0 Å². The molecule has 1 aliphatic rings. The SMILES string of the molecule is CC(C)(C)CCN1CCC(c2noc3ccccc23)CC1. The molecule has 3 rings (SSSR count). The van der Waals surface area contributed by atoms with E-state index in [0.29, 0.717) is 11.3 Å². The van der Waals surface area contributed by atoms with Crippen molar-refractivity contribution in [1.82, 2.24) is 10.1 Å². The van der Waals surface area contributed by atoms with Gasteiger partial charge in [0, 0.05) is 11.3 Å². The molecule has 3 nitrogen and oxygen atoms in total. The number of aromatic nitrogens is 1. The molecule has 1 saturated heterocycles. The monoisotopic (exact) mass is 286 g/mol. The number of benzene rings is 1. The summed E-state index contributed by atoms with van der Waals surface area (Å²) < 4.78 is 5.46. The maximum Gasteiger partial charge on any atom is 0.167 e. The Hall–Kier alpha value is -1.35. The van der Waals surface area contributed by atoms with Crippen LogP contribution in [0.2, 0.25) is 0 Å². The number of nitrogens with zero attached hydrogens (tertiary/aromatic N) is 2. The lowest BCUT2D eigenvalue weighted by molar-refractivity contribution is 0.183. The van der Waals surface area contributed by atoms with Crippen molar-refractivity contribution in [1.29, 1.82) is 0 Å². The molecule has 1 aromatic heterocycles. The molecule has 2 heterocycles. The lowest BCUT2D eigenvalue weighted by Crippen LogP contribution is -2.35. The second kappa shape index (κ2) is 5.80. The van der Waals surface area contributed by atoms with Gasteiger partial charge in [-0.2, -0.15) is 0 Å². The Labute approximate surface area is 127 Å². The minimum Gasteiger partial charge on any atom is -0.356 e. The van der Waals surface area contributed by atoms with Crippen LogP contribution in [0.15, 0.2) is 28.8 Å². The minimum absolute atomic E-state index is 0.430. The zero-order chi connectivity index (χ0) is 14.9. The maximum absolute atomic E-state index is 5.46. The highest BCUT2D eigenvalue weighted by Gasteiger charge is 2.25. The molecule has 0 saturated carbocycles. The van der Waals surface area contributed by atoms with Gasteiger partial charge in [-0.15, -0.1) is 0 Å². The maximum atomic E-state index is 5.46. The van der Waals surface area contributed by atoms with Crippen LogP contribution in [0.5, 0.6) is 0 Å². The fourth-order valence-corrected chi connectivity index (χ4v) is 3.12. The molecule has 0 atom stereocenters. The molecule has 0 amide bonds. The van der Waals surface area contributed by atoms with Crippen LogP contribution in [0.25, 0.3) is 11.0 Å². The van der Waals surface area contributed by atoms with Gasteiger partial charge in [0.25, 0.3) is 0 Å². The summed E-state index contributed by atoms with van der Waals surface area (Å²) >= 11 is 0. The van der Waals surface area contributed by atoms with Crippen LogP contribution in [0.1, 0.15) is 51.6 Å². The molecule has 1 aliphatic heterocycles. The van der Waals surface area contributed by atoms with Crippen molar-refractivity contribution < 1.29 is 4.52 Å². The lowest BCUT2D eigenvalue weighted by Gasteiger charge is -2.33. The van der Waals surface area contributed by atoms with E-state index in [9.17, 15) is 0 Å². The topological polar surface area (TPSA) is 29.3 Å². The van der Waals surface area contributed by atoms with Crippen molar-refractivity contribution in [2.24, 2.45) is 5.41 Å². The first-order valence-electron chi connectivity index (χ1n) is 8.10. The van der Waals surface area contributed by atoms with E-state index in [-0.39, 0.29) is 0 Å². The van der Waals surface area contributed by atoms with Gasteiger partial charge in [-0.05, 0) is 56.4 Å². The molecule has 114 valence electrons. The molecule has 0 N–H and O–H groups in total. The third-order valence-electron chi connectivity index (χ3n) is 4.56. The van der Waals surface area contributed by atoms with Crippen LogP contribution in [0, 0.1) is 5.41 Å². The molecule has 21 heavy (non-hydrogen) atoms. The number of para-hydroxylation sites is 1. The van der Waals surface area contributed by atoms with Crippen LogP contribution in [0.3, 0.4) is 0 Å². The molecular formula is C18H26N2O. The predicted octanol–water partition coefficient (Wildman–Crippen LogP) is 4.44. The third kappa shape index (κ3) is 3.46. The highest BCUT2D eigenvalue weighted by atomic mass is 16.5. The summed E-state index contributed by atoms with van der Waals surface area (Å²) in [7, 11) is 0. The summed E-state index contributed by atoms with van der Waals surface area (Å²) in [5.41, 5.74) is 2.52. The van der Waals surface area contributed by atoms with Gasteiger partial charge in [0.1, 0.15) is 0 Å². The van der Waals surface area contributed by atoms with Gasteiger partial charge in [0.05, 0.1) is 5.69 Å². The van der Waals surface area contributed by atoms with Gasteiger partial charge in [-0.25, -0.2) is 0 Å². The molecule has 2 aromatic rings. The summed E-state index contributed by atoms with van der Waals surface area (Å²) in [6.45, 7) is 10.5. The van der Waals surface area contributed by atoms with Crippen LogP contribution in [-0.2, 0) is 0 Å². The Kier molecular flexibility index (Phi) is 4.03. The fourth-order valence-electron chi connectivity index (χ4n) is 3.12. The van der Waals surface area contributed by atoms with Gasteiger partial charge in [-0.1, -0.05) is 38.1 Å². The Morgan fingerprint density at radius 3 is 2.62 bits per heavy atom. The van der Waals surface area contributed by atoms with Crippen molar-refractivity contribution in [2.75, 3.05) is 19.6 Å². The normalized spacial score (nSPS) is 18.4. The van der Waals surface area contributed by atoms with E-state index in [1.165, 1.54) is 50.0 Å². The summed E-state index contributed by atoms with van der Waals surface area (Å²) in [5, 5.41) is 5.54. The molecule has 3 heteroatoms. The van der Waals surface area contributed by atoms with Crippen molar-refractivity contribution in [3.63, 3.8) is 0 Å². The molecule has 0 spiro atoms. The van der Waals surface area contributed by atoms with Crippen LogP contribution in [0.4, 0.5) is 0 Å². The quantitative estimate of drug-likeness (QED) is 0.835. The Morgan fingerprint density at radius 1 is 1.19 bits per heavy atom. The third-order valence-corrected chi connectivity index (χ3v) is 4.56. The number of likely N-dealkylation sites (tertiary alicyclic amines) is 1. The van der Waals surface area contributed by atoms with Crippen LogP contribution >= 0.6 is 0 Å². The summed E-state index contributed by atoms with van der Waals surface area (Å²) in [6.07, 6.45) is 3.66. The molecule has 0 aliphatic carbocycles. The number of fused-ring (bicyclic) bond motifs is 1.